The van der Waals surface area contributed by atoms with Crippen LogP contribution < -0.4 is 4.72 Å². The van der Waals surface area contributed by atoms with Gasteiger partial charge in [0.25, 0.3) is 0 Å². The van der Waals surface area contributed by atoms with Crippen LogP contribution in [0.4, 0.5) is 0 Å². The Balaban J connectivity index is 1.90. The molecule has 1 N–H and O–H groups in total. The maximum atomic E-state index is 12.8. The Morgan fingerprint density at radius 3 is 2.59 bits per heavy atom. The molecular weight excluding hydrogens is 356 g/mol. The summed E-state index contributed by atoms with van der Waals surface area (Å²) in [5.41, 5.74) is 5.01. The Bertz CT molecular complexity index is 1050. The number of hydrogen-bond donors (Lipinski definition) is 1. The van der Waals surface area contributed by atoms with E-state index in [4.69, 9.17) is 0 Å². The lowest BCUT2D eigenvalue weighted by molar-refractivity contribution is 0.566. The number of rotatable bonds is 6. The lowest BCUT2D eigenvalue weighted by Gasteiger charge is -2.17. The van der Waals surface area contributed by atoms with Crippen LogP contribution in [-0.2, 0) is 16.4 Å². The van der Waals surface area contributed by atoms with Gasteiger partial charge in [0.2, 0.25) is 10.0 Å². The lowest BCUT2D eigenvalue weighted by Crippen LogP contribution is -2.27. The highest BCUT2D eigenvalue weighted by Crippen LogP contribution is 2.27. The summed E-state index contributed by atoms with van der Waals surface area (Å²) in [6, 6.07) is 16.6. The van der Waals surface area contributed by atoms with Gasteiger partial charge in [0, 0.05) is 18.4 Å². The fraction of sp³-hybridized carbons (Fsp3) is 0.227. The van der Waals surface area contributed by atoms with Crippen molar-refractivity contribution in [3.63, 3.8) is 0 Å². The van der Waals surface area contributed by atoms with Crippen molar-refractivity contribution in [2.75, 3.05) is 0 Å². The summed E-state index contributed by atoms with van der Waals surface area (Å²) in [6.07, 6.45) is 4.56. The molecule has 1 aromatic heterocycles. The molecule has 27 heavy (non-hydrogen) atoms. The van der Waals surface area contributed by atoms with E-state index < -0.39 is 10.0 Å². The summed E-state index contributed by atoms with van der Waals surface area (Å²) >= 11 is 0. The quantitative estimate of drug-likeness (QED) is 0.677. The number of aromatic nitrogens is 1. The maximum absolute atomic E-state index is 12.8. The van der Waals surface area contributed by atoms with Gasteiger partial charge >= 0.3 is 0 Å². The van der Waals surface area contributed by atoms with Gasteiger partial charge in [-0.05, 0) is 66.3 Å². The molecule has 0 radical (unpaired) electrons. The van der Waals surface area contributed by atoms with Crippen molar-refractivity contribution < 1.29 is 8.42 Å². The lowest BCUT2D eigenvalue weighted by atomic mass is 9.97. The van der Waals surface area contributed by atoms with Gasteiger partial charge < -0.3 is 0 Å². The van der Waals surface area contributed by atoms with Gasteiger partial charge in [-0.25, -0.2) is 13.1 Å². The second-order valence-electron chi connectivity index (χ2n) is 6.62. The van der Waals surface area contributed by atoms with E-state index in [2.05, 4.69) is 16.6 Å². The van der Waals surface area contributed by atoms with Crippen LogP contribution in [0.5, 0.6) is 0 Å². The summed E-state index contributed by atoms with van der Waals surface area (Å²) in [4.78, 5) is 4.51. The minimum absolute atomic E-state index is 0.315. The van der Waals surface area contributed by atoms with Crippen molar-refractivity contribution in [1.29, 1.82) is 0 Å². The standard InChI is InChI=1S/C22H24N2O2S/c1-4-18-15-23-13-12-21(18)20-10-7-9-19(14-20)17(3)24-27(25,26)22-11-6-5-8-16(22)2/h5-15,17,24H,4H2,1-3H3/t17-/m0/s1. The van der Waals surface area contributed by atoms with Gasteiger partial charge in [-0.2, -0.15) is 0 Å². The molecule has 1 heterocycles. The minimum Gasteiger partial charge on any atom is -0.264 e. The Morgan fingerprint density at radius 2 is 1.85 bits per heavy atom. The average Bonchev–Trinajstić information content (AvgIpc) is 2.68. The molecular formula is C22H24N2O2S. The van der Waals surface area contributed by atoms with Crippen LogP contribution in [0.25, 0.3) is 11.1 Å². The maximum Gasteiger partial charge on any atom is 0.241 e. The van der Waals surface area contributed by atoms with Crippen LogP contribution in [0.2, 0.25) is 0 Å². The Kier molecular flexibility index (Phi) is 5.73. The molecule has 3 rings (SSSR count). The van der Waals surface area contributed by atoms with Crippen molar-refractivity contribution in [2.45, 2.75) is 38.1 Å². The number of benzene rings is 2. The number of nitrogens with zero attached hydrogens (tertiary/aromatic N) is 1. The van der Waals surface area contributed by atoms with Crippen LogP contribution in [-0.4, -0.2) is 13.4 Å². The summed E-state index contributed by atoms with van der Waals surface area (Å²) in [6.45, 7) is 5.76. The topological polar surface area (TPSA) is 59.1 Å². The third kappa shape index (κ3) is 4.26. The van der Waals surface area contributed by atoms with Crippen molar-refractivity contribution in [2.24, 2.45) is 0 Å². The molecule has 4 nitrogen and oxygen atoms in total. The molecule has 5 heteroatoms. The number of aryl methyl sites for hydroxylation is 2. The fourth-order valence-corrected chi connectivity index (χ4v) is 4.67. The molecule has 0 aliphatic carbocycles. The van der Waals surface area contributed by atoms with Crippen LogP contribution in [0.3, 0.4) is 0 Å². The second kappa shape index (κ2) is 8.03. The molecule has 3 aromatic rings. The first-order chi connectivity index (χ1) is 12.9. The van der Waals surface area contributed by atoms with Gasteiger partial charge in [0.05, 0.1) is 4.90 Å². The predicted molar refractivity (Wildman–Crippen MR) is 109 cm³/mol. The van der Waals surface area contributed by atoms with E-state index in [1.807, 2.05) is 49.5 Å². The van der Waals surface area contributed by atoms with Crippen molar-refractivity contribution in [1.82, 2.24) is 9.71 Å². The zero-order chi connectivity index (χ0) is 19.4. The minimum atomic E-state index is -3.59. The molecule has 1 atom stereocenters. The van der Waals surface area contributed by atoms with E-state index in [-0.39, 0.29) is 6.04 Å². The number of pyridine rings is 1. The van der Waals surface area contributed by atoms with Gasteiger partial charge in [0.1, 0.15) is 0 Å². The Labute approximate surface area is 161 Å². The van der Waals surface area contributed by atoms with Gasteiger partial charge in [-0.1, -0.05) is 43.3 Å². The fourth-order valence-electron chi connectivity index (χ4n) is 3.19. The number of hydrogen-bond acceptors (Lipinski definition) is 3. The third-order valence-electron chi connectivity index (χ3n) is 4.70. The largest absolute Gasteiger partial charge is 0.264 e. The summed E-state index contributed by atoms with van der Waals surface area (Å²) < 4.78 is 28.3. The molecule has 0 fully saturated rings. The molecule has 0 amide bonds. The van der Waals surface area contributed by atoms with Crippen molar-refractivity contribution in [3.05, 3.63) is 83.7 Å². The smallest absolute Gasteiger partial charge is 0.241 e. The SMILES string of the molecule is CCc1cnccc1-c1cccc([C@H](C)NS(=O)(=O)c2ccccc2C)c1. The highest BCUT2D eigenvalue weighted by molar-refractivity contribution is 7.89. The molecule has 0 saturated carbocycles. The molecule has 0 saturated heterocycles. The van der Waals surface area contributed by atoms with E-state index >= 15 is 0 Å². The van der Waals surface area contributed by atoms with Crippen LogP contribution in [0.1, 0.15) is 36.6 Å². The third-order valence-corrected chi connectivity index (χ3v) is 6.40. The van der Waals surface area contributed by atoms with E-state index in [1.165, 1.54) is 5.56 Å². The summed E-state index contributed by atoms with van der Waals surface area (Å²) in [5, 5.41) is 0. The van der Waals surface area contributed by atoms with Crippen LogP contribution >= 0.6 is 0 Å². The Hall–Kier alpha value is -2.50. The average molecular weight is 381 g/mol. The molecule has 0 bridgehead atoms. The number of nitrogens with one attached hydrogen (secondary N) is 1. The summed E-state index contributed by atoms with van der Waals surface area (Å²) in [7, 11) is -3.59. The molecule has 0 unspecified atom stereocenters. The first-order valence-corrected chi connectivity index (χ1v) is 10.5. The van der Waals surface area contributed by atoms with E-state index in [0.717, 1.165) is 28.7 Å². The monoisotopic (exact) mass is 380 g/mol. The summed E-state index contributed by atoms with van der Waals surface area (Å²) in [5.74, 6) is 0. The van der Waals surface area contributed by atoms with E-state index in [1.54, 1.807) is 31.3 Å². The van der Waals surface area contributed by atoms with Crippen LogP contribution in [0, 0.1) is 6.92 Å². The van der Waals surface area contributed by atoms with E-state index in [0.29, 0.717) is 4.90 Å². The van der Waals surface area contributed by atoms with Gasteiger partial charge in [-0.3, -0.25) is 4.98 Å². The van der Waals surface area contributed by atoms with Crippen molar-refractivity contribution in [3.8, 4) is 11.1 Å². The molecule has 2 aromatic carbocycles. The predicted octanol–water partition coefficient (Wildman–Crippen LogP) is 4.66. The normalized spacial score (nSPS) is 12.7. The molecule has 0 aliphatic heterocycles. The molecule has 0 aliphatic rings. The zero-order valence-electron chi connectivity index (χ0n) is 15.8. The van der Waals surface area contributed by atoms with Gasteiger partial charge in [-0.15, -0.1) is 0 Å². The van der Waals surface area contributed by atoms with Crippen molar-refractivity contribution >= 4 is 10.0 Å². The van der Waals surface area contributed by atoms with E-state index in [9.17, 15) is 8.42 Å². The Morgan fingerprint density at radius 1 is 1.07 bits per heavy atom. The molecule has 140 valence electrons. The first kappa shape index (κ1) is 19.3. The zero-order valence-corrected chi connectivity index (χ0v) is 16.6. The van der Waals surface area contributed by atoms with Crippen LogP contribution in [0.15, 0.2) is 71.9 Å². The second-order valence-corrected chi connectivity index (χ2v) is 8.30. The van der Waals surface area contributed by atoms with Gasteiger partial charge in [0.15, 0.2) is 0 Å². The highest BCUT2D eigenvalue weighted by atomic mass is 32.2. The highest BCUT2D eigenvalue weighted by Gasteiger charge is 2.20. The molecule has 0 spiro atoms. The first-order valence-electron chi connectivity index (χ1n) is 9.03. The number of sulfonamides is 1.